The van der Waals surface area contributed by atoms with E-state index in [1.165, 1.54) is 25.0 Å². The van der Waals surface area contributed by atoms with Gasteiger partial charge in [-0.2, -0.15) is 11.8 Å². The first-order valence-electron chi connectivity index (χ1n) is 5.73. The molecule has 0 aliphatic rings. The van der Waals surface area contributed by atoms with Crippen molar-refractivity contribution in [1.82, 2.24) is 5.32 Å². The zero-order chi connectivity index (χ0) is 10.6. The summed E-state index contributed by atoms with van der Waals surface area (Å²) in [7, 11) is 0. The molecule has 0 amide bonds. The minimum atomic E-state index is 0.335. The Labute approximate surface area is 92.9 Å². The molecular weight excluding hydrogens is 194 g/mol. The third-order valence-electron chi connectivity index (χ3n) is 2.12. The Balaban J connectivity index is 3.02. The molecule has 0 aliphatic heterocycles. The monoisotopic (exact) mass is 219 g/mol. The van der Waals surface area contributed by atoms with Crippen LogP contribution in [-0.2, 0) is 0 Å². The highest BCUT2D eigenvalue weighted by Crippen LogP contribution is 2.07. The normalized spacial score (nSPS) is 13.1. The van der Waals surface area contributed by atoms with Crippen LogP contribution in [-0.4, -0.2) is 35.8 Å². The fraction of sp³-hybridized carbons (Fsp3) is 1.00. The van der Waals surface area contributed by atoms with Gasteiger partial charge in [0.25, 0.3) is 0 Å². The lowest BCUT2D eigenvalue weighted by atomic mass is 10.2. The summed E-state index contributed by atoms with van der Waals surface area (Å²) in [4.78, 5) is 0. The molecule has 0 radical (unpaired) electrons. The lowest BCUT2D eigenvalue weighted by Crippen LogP contribution is -2.26. The minimum absolute atomic E-state index is 0.335. The van der Waals surface area contributed by atoms with Crippen molar-refractivity contribution in [1.29, 1.82) is 0 Å². The molecule has 0 aliphatic carbocycles. The second-order valence-corrected chi connectivity index (χ2v) is 4.91. The number of nitrogens with one attached hydrogen (secondary N) is 1. The van der Waals surface area contributed by atoms with Crippen LogP contribution < -0.4 is 5.32 Å². The van der Waals surface area contributed by atoms with Crippen molar-refractivity contribution in [2.24, 2.45) is 0 Å². The SMILES string of the molecule is CCCNC(C)CCCSCCCO. The maximum Gasteiger partial charge on any atom is 0.0438 e. The molecule has 14 heavy (non-hydrogen) atoms. The van der Waals surface area contributed by atoms with Crippen LogP contribution in [0.2, 0.25) is 0 Å². The number of aliphatic hydroxyl groups excluding tert-OH is 1. The number of thioether (sulfide) groups is 1. The van der Waals surface area contributed by atoms with E-state index in [4.69, 9.17) is 5.11 Å². The number of hydrogen-bond acceptors (Lipinski definition) is 3. The van der Waals surface area contributed by atoms with Crippen LogP contribution in [0.1, 0.15) is 39.5 Å². The molecule has 0 aromatic heterocycles. The molecule has 0 rings (SSSR count). The molecule has 1 atom stereocenters. The Kier molecular flexibility index (Phi) is 11.6. The Bertz CT molecular complexity index is 111. The molecule has 0 saturated carbocycles. The van der Waals surface area contributed by atoms with Gasteiger partial charge in [-0.15, -0.1) is 0 Å². The molecule has 0 aromatic rings. The van der Waals surface area contributed by atoms with Crippen molar-refractivity contribution < 1.29 is 5.11 Å². The van der Waals surface area contributed by atoms with Crippen LogP contribution in [0.5, 0.6) is 0 Å². The van der Waals surface area contributed by atoms with Gasteiger partial charge in [0, 0.05) is 12.6 Å². The third kappa shape index (κ3) is 10.4. The predicted molar refractivity (Wildman–Crippen MR) is 66.0 cm³/mol. The zero-order valence-corrected chi connectivity index (χ0v) is 10.4. The van der Waals surface area contributed by atoms with Gasteiger partial charge in [-0.3, -0.25) is 0 Å². The van der Waals surface area contributed by atoms with Crippen LogP contribution in [0.4, 0.5) is 0 Å². The quantitative estimate of drug-likeness (QED) is 0.553. The van der Waals surface area contributed by atoms with Crippen molar-refractivity contribution in [2.75, 3.05) is 24.7 Å². The van der Waals surface area contributed by atoms with E-state index >= 15 is 0 Å². The van der Waals surface area contributed by atoms with Gasteiger partial charge in [-0.05, 0) is 50.7 Å². The van der Waals surface area contributed by atoms with Gasteiger partial charge >= 0.3 is 0 Å². The van der Waals surface area contributed by atoms with E-state index in [1.54, 1.807) is 0 Å². The van der Waals surface area contributed by atoms with Gasteiger partial charge in [0.05, 0.1) is 0 Å². The first kappa shape index (κ1) is 14.3. The molecule has 0 fully saturated rings. The van der Waals surface area contributed by atoms with E-state index < -0.39 is 0 Å². The number of rotatable bonds is 10. The average molecular weight is 219 g/mol. The van der Waals surface area contributed by atoms with Crippen LogP contribution in [0.15, 0.2) is 0 Å². The highest BCUT2D eigenvalue weighted by Gasteiger charge is 1.99. The van der Waals surface area contributed by atoms with Crippen molar-refractivity contribution in [3.05, 3.63) is 0 Å². The summed E-state index contributed by atoms with van der Waals surface area (Å²) in [6, 6.07) is 0.661. The smallest absolute Gasteiger partial charge is 0.0438 e. The summed E-state index contributed by atoms with van der Waals surface area (Å²) in [6.07, 6.45) is 4.71. The molecule has 0 aromatic carbocycles. The third-order valence-corrected chi connectivity index (χ3v) is 3.27. The largest absolute Gasteiger partial charge is 0.396 e. The van der Waals surface area contributed by atoms with Gasteiger partial charge in [0.1, 0.15) is 0 Å². The molecule has 0 spiro atoms. The highest BCUT2D eigenvalue weighted by molar-refractivity contribution is 7.99. The maximum atomic E-state index is 8.58. The molecule has 0 heterocycles. The molecule has 2 N–H and O–H groups in total. The van der Waals surface area contributed by atoms with Gasteiger partial charge < -0.3 is 10.4 Å². The first-order valence-corrected chi connectivity index (χ1v) is 6.88. The summed E-state index contributed by atoms with van der Waals surface area (Å²) in [5.41, 5.74) is 0. The van der Waals surface area contributed by atoms with Crippen LogP contribution >= 0.6 is 11.8 Å². The van der Waals surface area contributed by atoms with Gasteiger partial charge in [0.15, 0.2) is 0 Å². The molecule has 1 unspecified atom stereocenters. The molecule has 86 valence electrons. The van der Waals surface area contributed by atoms with E-state index in [0.717, 1.165) is 18.7 Å². The van der Waals surface area contributed by atoms with Crippen molar-refractivity contribution in [2.45, 2.75) is 45.6 Å². The Morgan fingerprint density at radius 3 is 2.64 bits per heavy atom. The molecule has 0 saturated heterocycles. The summed E-state index contributed by atoms with van der Waals surface area (Å²) in [5.74, 6) is 2.34. The molecule has 2 nitrogen and oxygen atoms in total. The van der Waals surface area contributed by atoms with Crippen LogP contribution in [0, 0.1) is 0 Å². The lowest BCUT2D eigenvalue weighted by molar-refractivity contribution is 0.296. The lowest BCUT2D eigenvalue weighted by Gasteiger charge is -2.12. The topological polar surface area (TPSA) is 32.3 Å². The summed E-state index contributed by atoms with van der Waals surface area (Å²) in [6.45, 7) is 5.93. The fourth-order valence-corrected chi connectivity index (χ4v) is 2.16. The van der Waals surface area contributed by atoms with Gasteiger partial charge in [-0.1, -0.05) is 6.92 Å². The summed E-state index contributed by atoms with van der Waals surface area (Å²) >= 11 is 1.96. The Morgan fingerprint density at radius 1 is 1.29 bits per heavy atom. The van der Waals surface area contributed by atoms with Crippen molar-refractivity contribution >= 4 is 11.8 Å². The Hall–Kier alpha value is 0.270. The minimum Gasteiger partial charge on any atom is -0.396 e. The summed E-state index contributed by atoms with van der Waals surface area (Å²) in [5, 5.41) is 12.1. The van der Waals surface area contributed by atoms with Crippen molar-refractivity contribution in [3.63, 3.8) is 0 Å². The summed E-state index contributed by atoms with van der Waals surface area (Å²) < 4.78 is 0. The van der Waals surface area contributed by atoms with E-state index in [2.05, 4.69) is 19.2 Å². The highest BCUT2D eigenvalue weighted by atomic mass is 32.2. The van der Waals surface area contributed by atoms with Gasteiger partial charge in [0.2, 0.25) is 0 Å². The van der Waals surface area contributed by atoms with Gasteiger partial charge in [-0.25, -0.2) is 0 Å². The van der Waals surface area contributed by atoms with E-state index in [9.17, 15) is 0 Å². The molecule has 3 heteroatoms. The number of aliphatic hydroxyl groups is 1. The second-order valence-electron chi connectivity index (χ2n) is 3.69. The standard InChI is InChI=1S/C11H25NOS/c1-3-7-12-11(2)6-4-9-14-10-5-8-13/h11-13H,3-10H2,1-2H3. The molecule has 0 bridgehead atoms. The predicted octanol–water partition coefficient (Wildman–Crippen LogP) is 2.27. The maximum absolute atomic E-state index is 8.58. The Morgan fingerprint density at radius 2 is 2.00 bits per heavy atom. The van der Waals surface area contributed by atoms with Crippen molar-refractivity contribution in [3.8, 4) is 0 Å². The zero-order valence-electron chi connectivity index (χ0n) is 9.59. The molecular formula is C11H25NOS. The fourth-order valence-electron chi connectivity index (χ4n) is 1.25. The average Bonchev–Trinajstić information content (AvgIpc) is 2.20. The van der Waals surface area contributed by atoms with E-state index in [-0.39, 0.29) is 0 Å². The van der Waals surface area contributed by atoms with Crippen LogP contribution in [0.3, 0.4) is 0 Å². The van der Waals surface area contributed by atoms with Crippen LogP contribution in [0.25, 0.3) is 0 Å². The first-order chi connectivity index (χ1) is 6.81. The van der Waals surface area contributed by atoms with E-state index in [1.807, 2.05) is 11.8 Å². The number of hydrogen-bond donors (Lipinski definition) is 2. The van der Waals surface area contributed by atoms with E-state index in [0.29, 0.717) is 12.6 Å². The second kappa shape index (κ2) is 11.3.